The van der Waals surface area contributed by atoms with E-state index in [1.165, 1.54) is 18.4 Å². The van der Waals surface area contributed by atoms with Gasteiger partial charge >= 0.3 is 0 Å². The highest BCUT2D eigenvalue weighted by molar-refractivity contribution is 7.85. The number of rotatable bonds is 4. The Labute approximate surface area is 119 Å². The fraction of sp³-hybridized carbons (Fsp3) is 0.625. The van der Waals surface area contributed by atoms with E-state index in [4.69, 9.17) is 5.73 Å². The second kappa shape index (κ2) is 6.67. The molecule has 2 rings (SSSR count). The van der Waals surface area contributed by atoms with Crippen molar-refractivity contribution >= 4 is 10.8 Å². The van der Waals surface area contributed by atoms with Gasteiger partial charge in [0, 0.05) is 27.8 Å². The molecular formula is C16H25NOS. The average molecular weight is 279 g/mol. The van der Waals surface area contributed by atoms with Crippen LogP contribution in [-0.4, -0.2) is 15.2 Å². The lowest BCUT2D eigenvalue weighted by atomic mass is 9.91. The number of nitrogens with two attached hydrogens (primary N) is 1. The molecular weight excluding hydrogens is 254 g/mol. The molecule has 0 heterocycles. The van der Waals surface area contributed by atoms with Gasteiger partial charge in [0.05, 0.1) is 0 Å². The third kappa shape index (κ3) is 3.90. The number of hydrogen-bond acceptors (Lipinski definition) is 2. The standard InChI is InChI=1S/C16H25NOS/c1-12-6-5-8-14(10-12)19(18)11-16(17)15-9-4-3-7-13(15)2/h3-4,7,9,12,14,16H,5-6,8,10-11,17H2,1-2H3. The van der Waals surface area contributed by atoms with Crippen molar-refractivity contribution in [2.75, 3.05) is 5.75 Å². The Morgan fingerprint density at radius 3 is 2.79 bits per heavy atom. The first kappa shape index (κ1) is 14.7. The van der Waals surface area contributed by atoms with Gasteiger partial charge in [0.1, 0.15) is 0 Å². The fourth-order valence-electron chi connectivity index (χ4n) is 3.02. The van der Waals surface area contributed by atoms with Crippen molar-refractivity contribution in [2.24, 2.45) is 11.7 Å². The molecule has 19 heavy (non-hydrogen) atoms. The van der Waals surface area contributed by atoms with Crippen LogP contribution >= 0.6 is 0 Å². The second-order valence-corrected chi connectivity index (χ2v) is 7.67. The van der Waals surface area contributed by atoms with E-state index in [0.717, 1.165) is 24.3 Å². The van der Waals surface area contributed by atoms with Crippen LogP contribution < -0.4 is 5.73 Å². The van der Waals surface area contributed by atoms with Crippen LogP contribution in [0.2, 0.25) is 0 Å². The minimum atomic E-state index is -0.791. The molecule has 0 bridgehead atoms. The maximum absolute atomic E-state index is 12.5. The van der Waals surface area contributed by atoms with E-state index in [1.807, 2.05) is 12.1 Å². The van der Waals surface area contributed by atoms with Gasteiger partial charge in [-0.15, -0.1) is 0 Å². The zero-order valence-corrected chi connectivity index (χ0v) is 12.8. The molecule has 4 unspecified atom stereocenters. The highest BCUT2D eigenvalue weighted by Gasteiger charge is 2.25. The number of hydrogen-bond donors (Lipinski definition) is 1. The van der Waals surface area contributed by atoms with E-state index in [2.05, 4.69) is 26.0 Å². The first-order chi connectivity index (χ1) is 9.08. The Morgan fingerprint density at radius 2 is 2.11 bits per heavy atom. The lowest BCUT2D eigenvalue weighted by molar-refractivity contribution is 0.389. The van der Waals surface area contributed by atoms with Crippen LogP contribution in [0.3, 0.4) is 0 Å². The first-order valence-corrected chi connectivity index (χ1v) is 8.64. The van der Waals surface area contributed by atoms with Gasteiger partial charge < -0.3 is 5.73 Å². The predicted octanol–water partition coefficient (Wildman–Crippen LogP) is 3.32. The molecule has 1 aliphatic carbocycles. The molecule has 2 N–H and O–H groups in total. The molecule has 1 aromatic carbocycles. The summed E-state index contributed by atoms with van der Waals surface area (Å²) in [6.45, 7) is 4.34. The Hall–Kier alpha value is -0.670. The van der Waals surface area contributed by atoms with Crippen LogP contribution in [0.15, 0.2) is 24.3 Å². The maximum atomic E-state index is 12.5. The molecule has 0 aliphatic heterocycles. The summed E-state index contributed by atoms with van der Waals surface area (Å²) in [7, 11) is -0.791. The zero-order chi connectivity index (χ0) is 13.8. The van der Waals surface area contributed by atoms with Crippen LogP contribution in [0.4, 0.5) is 0 Å². The lowest BCUT2D eigenvalue weighted by Crippen LogP contribution is -2.29. The van der Waals surface area contributed by atoms with Crippen molar-refractivity contribution in [3.05, 3.63) is 35.4 Å². The smallest absolute Gasteiger partial charge is 0.0431 e. The van der Waals surface area contributed by atoms with Crippen molar-refractivity contribution in [3.63, 3.8) is 0 Å². The second-order valence-electron chi connectivity index (χ2n) is 5.90. The van der Waals surface area contributed by atoms with Crippen molar-refractivity contribution in [1.29, 1.82) is 0 Å². The molecule has 1 saturated carbocycles. The number of benzene rings is 1. The summed E-state index contributed by atoms with van der Waals surface area (Å²) in [6, 6.07) is 8.06. The van der Waals surface area contributed by atoms with Gasteiger partial charge in [0.25, 0.3) is 0 Å². The monoisotopic (exact) mass is 279 g/mol. The third-order valence-corrected chi connectivity index (χ3v) is 6.05. The molecule has 106 valence electrons. The summed E-state index contributed by atoms with van der Waals surface area (Å²) < 4.78 is 12.5. The topological polar surface area (TPSA) is 43.1 Å². The molecule has 0 radical (unpaired) electrons. The molecule has 0 amide bonds. The third-order valence-electron chi connectivity index (χ3n) is 4.19. The van der Waals surface area contributed by atoms with E-state index in [0.29, 0.717) is 11.0 Å². The number of aryl methyl sites for hydroxylation is 1. The molecule has 1 fully saturated rings. The zero-order valence-electron chi connectivity index (χ0n) is 12.0. The van der Waals surface area contributed by atoms with E-state index < -0.39 is 10.8 Å². The molecule has 2 nitrogen and oxygen atoms in total. The van der Waals surface area contributed by atoms with Gasteiger partial charge in [0.15, 0.2) is 0 Å². The summed E-state index contributed by atoms with van der Waals surface area (Å²) in [5.74, 6) is 1.32. The lowest BCUT2D eigenvalue weighted by Gasteiger charge is -2.27. The van der Waals surface area contributed by atoms with E-state index in [9.17, 15) is 4.21 Å². The highest BCUT2D eigenvalue weighted by atomic mass is 32.2. The van der Waals surface area contributed by atoms with Crippen LogP contribution in [0.1, 0.15) is 49.8 Å². The maximum Gasteiger partial charge on any atom is 0.0431 e. The fourth-order valence-corrected chi connectivity index (χ4v) is 4.80. The summed E-state index contributed by atoms with van der Waals surface area (Å²) >= 11 is 0. The first-order valence-electron chi connectivity index (χ1n) is 7.26. The SMILES string of the molecule is Cc1ccccc1C(N)CS(=O)C1CCCC(C)C1. The summed E-state index contributed by atoms with van der Waals surface area (Å²) in [5, 5.41) is 0.360. The van der Waals surface area contributed by atoms with Crippen molar-refractivity contribution in [3.8, 4) is 0 Å². The molecule has 1 aliphatic rings. The Kier molecular flexibility index (Phi) is 5.17. The minimum absolute atomic E-state index is 0.0979. The van der Waals surface area contributed by atoms with Crippen LogP contribution in [0, 0.1) is 12.8 Å². The van der Waals surface area contributed by atoms with Gasteiger partial charge in [-0.05, 0) is 36.8 Å². The Morgan fingerprint density at radius 1 is 1.37 bits per heavy atom. The molecule has 0 saturated heterocycles. The molecule has 4 atom stereocenters. The largest absolute Gasteiger partial charge is 0.323 e. The van der Waals surface area contributed by atoms with Crippen molar-refractivity contribution < 1.29 is 4.21 Å². The normalized spacial score (nSPS) is 26.9. The van der Waals surface area contributed by atoms with Gasteiger partial charge in [0.2, 0.25) is 0 Å². The average Bonchev–Trinajstić information content (AvgIpc) is 2.39. The molecule has 1 aromatic rings. The Bertz CT molecular complexity index is 446. The van der Waals surface area contributed by atoms with Crippen LogP contribution in [-0.2, 0) is 10.8 Å². The van der Waals surface area contributed by atoms with E-state index >= 15 is 0 Å². The van der Waals surface area contributed by atoms with Gasteiger partial charge in [-0.2, -0.15) is 0 Å². The minimum Gasteiger partial charge on any atom is -0.323 e. The van der Waals surface area contributed by atoms with Gasteiger partial charge in [-0.1, -0.05) is 44.0 Å². The van der Waals surface area contributed by atoms with Gasteiger partial charge in [-0.25, -0.2) is 0 Å². The molecule has 3 heteroatoms. The van der Waals surface area contributed by atoms with Crippen LogP contribution in [0.5, 0.6) is 0 Å². The van der Waals surface area contributed by atoms with E-state index in [1.54, 1.807) is 0 Å². The van der Waals surface area contributed by atoms with Crippen molar-refractivity contribution in [1.82, 2.24) is 0 Å². The molecule has 0 spiro atoms. The molecule has 0 aromatic heterocycles. The Balaban J connectivity index is 1.97. The summed E-state index contributed by atoms with van der Waals surface area (Å²) in [6.07, 6.45) is 4.72. The summed E-state index contributed by atoms with van der Waals surface area (Å²) in [4.78, 5) is 0. The quantitative estimate of drug-likeness (QED) is 0.918. The highest BCUT2D eigenvalue weighted by Crippen LogP contribution is 2.28. The summed E-state index contributed by atoms with van der Waals surface area (Å²) in [5.41, 5.74) is 8.58. The van der Waals surface area contributed by atoms with Gasteiger partial charge in [-0.3, -0.25) is 4.21 Å². The predicted molar refractivity (Wildman–Crippen MR) is 82.5 cm³/mol. The van der Waals surface area contributed by atoms with Crippen LogP contribution in [0.25, 0.3) is 0 Å². The van der Waals surface area contributed by atoms with E-state index in [-0.39, 0.29) is 6.04 Å². The van der Waals surface area contributed by atoms with Crippen molar-refractivity contribution in [2.45, 2.75) is 50.8 Å².